The van der Waals surface area contributed by atoms with Crippen molar-refractivity contribution in [3.05, 3.63) is 36.0 Å². The monoisotopic (exact) mass is 332 g/mol. The Morgan fingerprint density at radius 3 is 2.74 bits per heavy atom. The second-order valence-corrected chi connectivity index (χ2v) is 6.37. The lowest BCUT2D eigenvalue weighted by atomic mass is 9.93. The second-order valence-electron chi connectivity index (χ2n) is 6.10. The number of ketones is 1. The van der Waals surface area contributed by atoms with E-state index in [1.54, 1.807) is 0 Å². The first kappa shape index (κ1) is 16.1. The molecule has 0 aliphatic heterocycles. The number of amides is 1. The number of benzene rings is 1. The molecule has 1 aliphatic rings. The second kappa shape index (κ2) is 7.18. The van der Waals surface area contributed by atoms with E-state index in [2.05, 4.69) is 11.1 Å². The highest BCUT2D eigenvalue weighted by molar-refractivity contribution is 6.27. The molecular formula is C18H21ClN2O2. The number of fused-ring (bicyclic) bond motifs is 1. The Bertz CT molecular complexity index is 700. The number of para-hydroxylation sites is 1. The Labute approximate surface area is 140 Å². The van der Waals surface area contributed by atoms with Gasteiger partial charge in [0.05, 0.1) is 0 Å². The van der Waals surface area contributed by atoms with Crippen LogP contribution >= 0.6 is 11.6 Å². The predicted molar refractivity (Wildman–Crippen MR) is 91.7 cm³/mol. The number of alkyl halides is 1. The third-order valence-electron chi connectivity index (χ3n) is 4.69. The van der Waals surface area contributed by atoms with Gasteiger partial charge in [-0.3, -0.25) is 9.59 Å². The fraction of sp³-hybridized carbons (Fsp3) is 0.444. The molecule has 23 heavy (non-hydrogen) atoms. The van der Waals surface area contributed by atoms with Gasteiger partial charge in [-0.1, -0.05) is 18.2 Å². The number of nitrogens with one attached hydrogen (secondary N) is 1. The maximum absolute atomic E-state index is 12.2. The molecule has 5 heteroatoms. The van der Waals surface area contributed by atoms with Gasteiger partial charge in [-0.15, -0.1) is 11.6 Å². The molecule has 1 N–H and O–H groups in total. The van der Waals surface area contributed by atoms with Gasteiger partial charge in [0.15, 0.2) is 0 Å². The summed E-state index contributed by atoms with van der Waals surface area (Å²) in [7, 11) is 0. The highest BCUT2D eigenvalue weighted by Crippen LogP contribution is 2.23. The number of rotatable bonds is 5. The normalized spacial score (nSPS) is 16.0. The molecule has 1 aromatic heterocycles. The zero-order valence-electron chi connectivity index (χ0n) is 13.1. The van der Waals surface area contributed by atoms with E-state index in [9.17, 15) is 9.59 Å². The number of halogens is 1. The lowest BCUT2D eigenvalue weighted by molar-refractivity contribution is -0.133. The Hall–Kier alpha value is -1.81. The lowest BCUT2D eigenvalue weighted by Crippen LogP contribution is -2.44. The van der Waals surface area contributed by atoms with Gasteiger partial charge >= 0.3 is 0 Å². The topological polar surface area (TPSA) is 53.2 Å². The molecule has 1 aliphatic carbocycles. The molecule has 2 aromatic rings. The lowest BCUT2D eigenvalue weighted by Gasteiger charge is -2.33. The van der Waals surface area contributed by atoms with E-state index in [4.69, 9.17) is 11.6 Å². The molecule has 0 unspecified atom stereocenters. The van der Waals surface area contributed by atoms with Crippen molar-refractivity contribution in [1.29, 1.82) is 0 Å². The minimum atomic E-state index is -0.0362. The van der Waals surface area contributed by atoms with Gasteiger partial charge in [-0.25, -0.2) is 0 Å². The van der Waals surface area contributed by atoms with Crippen LogP contribution in [0.3, 0.4) is 0 Å². The van der Waals surface area contributed by atoms with Crippen LogP contribution in [0.5, 0.6) is 0 Å². The van der Waals surface area contributed by atoms with Crippen LogP contribution in [0.15, 0.2) is 30.5 Å². The van der Waals surface area contributed by atoms with Crippen LogP contribution in [0.4, 0.5) is 0 Å². The Morgan fingerprint density at radius 1 is 1.26 bits per heavy atom. The Morgan fingerprint density at radius 2 is 2.00 bits per heavy atom. The smallest absolute Gasteiger partial charge is 0.237 e. The summed E-state index contributed by atoms with van der Waals surface area (Å²) in [5.41, 5.74) is 2.32. The third kappa shape index (κ3) is 3.58. The van der Waals surface area contributed by atoms with Crippen LogP contribution in [0.1, 0.15) is 31.2 Å². The van der Waals surface area contributed by atoms with E-state index >= 15 is 0 Å². The maximum Gasteiger partial charge on any atom is 0.237 e. The van der Waals surface area contributed by atoms with E-state index in [1.807, 2.05) is 29.3 Å². The van der Waals surface area contributed by atoms with E-state index in [0.717, 1.165) is 24.8 Å². The molecule has 0 spiro atoms. The van der Waals surface area contributed by atoms with Gasteiger partial charge in [0.1, 0.15) is 11.7 Å². The van der Waals surface area contributed by atoms with E-state index in [1.165, 1.54) is 10.9 Å². The van der Waals surface area contributed by atoms with Crippen LogP contribution in [0, 0.1) is 0 Å². The van der Waals surface area contributed by atoms with Gasteiger partial charge in [0.25, 0.3) is 0 Å². The molecule has 122 valence electrons. The number of H-pyrrole nitrogens is 1. The molecule has 1 heterocycles. The number of carbonyl (C=O) groups is 2. The van der Waals surface area contributed by atoms with E-state index in [-0.39, 0.29) is 17.8 Å². The molecule has 0 bridgehead atoms. The predicted octanol–water partition coefficient (Wildman–Crippen LogP) is 3.29. The Balaban J connectivity index is 1.71. The van der Waals surface area contributed by atoms with Crippen LogP contribution in [-0.2, 0) is 16.0 Å². The largest absolute Gasteiger partial charge is 0.361 e. The number of aromatic nitrogens is 1. The van der Waals surface area contributed by atoms with Crippen molar-refractivity contribution in [3.63, 3.8) is 0 Å². The summed E-state index contributed by atoms with van der Waals surface area (Å²) < 4.78 is 0. The first-order valence-corrected chi connectivity index (χ1v) is 8.64. The van der Waals surface area contributed by atoms with Gasteiger partial charge in [-0.05, 0) is 30.9 Å². The fourth-order valence-electron chi connectivity index (χ4n) is 3.40. The van der Waals surface area contributed by atoms with Crippen molar-refractivity contribution in [2.45, 2.75) is 38.1 Å². The molecule has 3 rings (SSSR count). The number of carbonyl (C=O) groups excluding carboxylic acids is 2. The molecule has 1 saturated carbocycles. The van der Waals surface area contributed by atoms with Crippen LogP contribution < -0.4 is 0 Å². The highest BCUT2D eigenvalue weighted by Gasteiger charge is 2.27. The first-order valence-electron chi connectivity index (χ1n) is 8.11. The average Bonchev–Trinajstić information content (AvgIpc) is 2.99. The summed E-state index contributed by atoms with van der Waals surface area (Å²) in [4.78, 5) is 28.8. The van der Waals surface area contributed by atoms with Crippen LogP contribution in [0.25, 0.3) is 10.9 Å². The summed E-state index contributed by atoms with van der Waals surface area (Å²) >= 11 is 5.79. The van der Waals surface area contributed by atoms with Gasteiger partial charge in [-0.2, -0.15) is 0 Å². The zero-order chi connectivity index (χ0) is 16.2. The molecule has 1 aromatic carbocycles. The van der Waals surface area contributed by atoms with Crippen molar-refractivity contribution in [2.75, 3.05) is 12.4 Å². The zero-order valence-corrected chi connectivity index (χ0v) is 13.8. The quantitative estimate of drug-likeness (QED) is 0.854. The molecular weight excluding hydrogens is 312 g/mol. The van der Waals surface area contributed by atoms with Crippen molar-refractivity contribution < 1.29 is 9.59 Å². The van der Waals surface area contributed by atoms with Gasteiger partial charge in [0, 0.05) is 42.5 Å². The minimum Gasteiger partial charge on any atom is -0.361 e. The van der Waals surface area contributed by atoms with Crippen LogP contribution in [-0.4, -0.2) is 40.0 Å². The Kier molecular flexibility index (Phi) is 5.01. The van der Waals surface area contributed by atoms with Crippen molar-refractivity contribution in [1.82, 2.24) is 9.88 Å². The molecule has 0 radical (unpaired) electrons. The summed E-state index contributed by atoms with van der Waals surface area (Å²) in [5, 5.41) is 1.20. The third-order valence-corrected chi connectivity index (χ3v) is 4.91. The van der Waals surface area contributed by atoms with E-state index in [0.29, 0.717) is 25.2 Å². The van der Waals surface area contributed by atoms with E-state index < -0.39 is 0 Å². The number of Topliss-reactive ketones (excluding diaryl/α,β-unsaturated/α-hetero) is 1. The SMILES string of the molecule is O=C1CCC(N(CCc2c[nH]c3ccccc23)C(=O)CCl)CC1. The summed E-state index contributed by atoms with van der Waals surface area (Å²) in [6.07, 6.45) is 5.47. The number of hydrogen-bond acceptors (Lipinski definition) is 2. The number of hydrogen-bond donors (Lipinski definition) is 1. The molecule has 0 saturated heterocycles. The molecule has 1 amide bonds. The average molecular weight is 333 g/mol. The van der Waals surface area contributed by atoms with Crippen molar-refractivity contribution >= 4 is 34.2 Å². The highest BCUT2D eigenvalue weighted by atomic mass is 35.5. The first-order chi connectivity index (χ1) is 11.2. The van der Waals surface area contributed by atoms with Crippen molar-refractivity contribution in [3.8, 4) is 0 Å². The number of nitrogens with zero attached hydrogens (tertiary/aromatic N) is 1. The molecule has 1 fully saturated rings. The van der Waals surface area contributed by atoms with Crippen molar-refractivity contribution in [2.24, 2.45) is 0 Å². The van der Waals surface area contributed by atoms with Crippen LogP contribution in [0.2, 0.25) is 0 Å². The molecule has 4 nitrogen and oxygen atoms in total. The summed E-state index contributed by atoms with van der Waals surface area (Å²) in [6, 6.07) is 8.31. The fourth-order valence-corrected chi connectivity index (χ4v) is 3.56. The van der Waals surface area contributed by atoms with Gasteiger partial charge in [0.2, 0.25) is 5.91 Å². The minimum absolute atomic E-state index is 0.00166. The van der Waals surface area contributed by atoms with Gasteiger partial charge < -0.3 is 9.88 Å². The summed E-state index contributed by atoms with van der Waals surface area (Å²) in [6.45, 7) is 0.645. The maximum atomic E-state index is 12.2. The standard InChI is InChI=1S/C18H21ClN2O2/c19-11-18(23)21(14-5-7-15(22)8-6-14)10-9-13-12-20-17-4-2-1-3-16(13)17/h1-4,12,14,20H,5-11H2. The molecule has 0 atom stereocenters. The number of aromatic amines is 1. The summed E-state index contributed by atoms with van der Waals surface area (Å²) in [5.74, 6) is 0.264.